The molecule has 0 saturated carbocycles. The van der Waals surface area contributed by atoms with Crippen LogP contribution in [0, 0.1) is 0 Å². The number of pyridine rings is 1. The first-order valence-corrected chi connectivity index (χ1v) is 5.21. The number of ether oxygens (including phenoxy) is 1. The van der Waals surface area contributed by atoms with Crippen LogP contribution in [0.2, 0.25) is 0 Å². The molecule has 2 rings (SSSR count). The van der Waals surface area contributed by atoms with Crippen molar-refractivity contribution >= 4 is 17.6 Å². The fourth-order valence-electron chi connectivity index (χ4n) is 1.85. The molecule has 0 radical (unpaired) electrons. The lowest BCUT2D eigenvalue weighted by molar-refractivity contribution is -0.117. The first kappa shape index (κ1) is 11.5. The number of anilines is 1. The van der Waals surface area contributed by atoms with Crippen LogP contribution >= 0.6 is 0 Å². The van der Waals surface area contributed by atoms with E-state index < -0.39 is 5.97 Å². The highest BCUT2D eigenvalue weighted by atomic mass is 16.5. The number of amides is 1. The van der Waals surface area contributed by atoms with Crippen molar-refractivity contribution in [2.75, 3.05) is 18.6 Å². The standard InChI is InChI=1S/C11H13N3O3/c1-17-11(16)8-2-3-13-5-9(8)14-6-7(12)4-10(14)15/h2-3,5,7H,4,6,12H2,1H3. The molecule has 6 heteroatoms. The maximum Gasteiger partial charge on any atom is 0.340 e. The predicted octanol–water partition coefficient (Wildman–Crippen LogP) is -0.0678. The van der Waals surface area contributed by atoms with Crippen molar-refractivity contribution in [1.82, 2.24) is 4.98 Å². The van der Waals surface area contributed by atoms with E-state index in [1.165, 1.54) is 30.5 Å². The fourth-order valence-corrected chi connectivity index (χ4v) is 1.85. The van der Waals surface area contributed by atoms with E-state index in [0.717, 1.165) is 0 Å². The van der Waals surface area contributed by atoms with Gasteiger partial charge in [0.15, 0.2) is 0 Å². The topological polar surface area (TPSA) is 85.5 Å². The lowest BCUT2D eigenvalue weighted by Crippen LogP contribution is -2.29. The number of methoxy groups -OCH3 is 1. The number of nitrogens with two attached hydrogens (primary N) is 1. The Morgan fingerprint density at radius 1 is 1.65 bits per heavy atom. The zero-order valence-electron chi connectivity index (χ0n) is 9.42. The quantitative estimate of drug-likeness (QED) is 0.725. The van der Waals surface area contributed by atoms with Gasteiger partial charge in [0.2, 0.25) is 5.91 Å². The Hall–Kier alpha value is -1.95. The summed E-state index contributed by atoms with van der Waals surface area (Å²) in [5.74, 6) is -0.591. The van der Waals surface area contributed by atoms with E-state index in [0.29, 0.717) is 17.8 Å². The van der Waals surface area contributed by atoms with E-state index in [9.17, 15) is 9.59 Å². The summed E-state index contributed by atoms with van der Waals surface area (Å²) >= 11 is 0. The van der Waals surface area contributed by atoms with Gasteiger partial charge >= 0.3 is 5.97 Å². The summed E-state index contributed by atoms with van der Waals surface area (Å²) in [6.07, 6.45) is 3.24. The molecule has 1 aromatic rings. The Labute approximate surface area is 98.4 Å². The molecule has 1 amide bonds. The van der Waals surface area contributed by atoms with Gasteiger partial charge in [-0.05, 0) is 6.07 Å². The van der Waals surface area contributed by atoms with Gasteiger partial charge in [0.25, 0.3) is 0 Å². The summed E-state index contributed by atoms with van der Waals surface area (Å²) in [4.78, 5) is 28.7. The molecule has 1 fully saturated rings. The molecule has 2 N–H and O–H groups in total. The second-order valence-corrected chi connectivity index (χ2v) is 3.85. The summed E-state index contributed by atoms with van der Waals surface area (Å²) in [5, 5.41) is 0. The van der Waals surface area contributed by atoms with Crippen molar-refractivity contribution in [3.8, 4) is 0 Å². The van der Waals surface area contributed by atoms with Crippen LogP contribution in [-0.4, -0.2) is 36.6 Å². The van der Waals surface area contributed by atoms with Gasteiger partial charge in [0.1, 0.15) is 0 Å². The Morgan fingerprint density at radius 3 is 3.00 bits per heavy atom. The Bertz CT molecular complexity index is 461. The van der Waals surface area contributed by atoms with Gasteiger partial charge in [-0.25, -0.2) is 4.79 Å². The van der Waals surface area contributed by atoms with Gasteiger partial charge in [-0.3, -0.25) is 9.78 Å². The van der Waals surface area contributed by atoms with Crippen molar-refractivity contribution < 1.29 is 14.3 Å². The Balaban J connectivity index is 2.38. The molecule has 1 atom stereocenters. The summed E-state index contributed by atoms with van der Waals surface area (Å²) in [5.41, 5.74) is 6.49. The Kier molecular flexibility index (Phi) is 3.06. The van der Waals surface area contributed by atoms with E-state index in [-0.39, 0.29) is 18.4 Å². The largest absolute Gasteiger partial charge is 0.465 e. The number of aromatic nitrogens is 1. The zero-order chi connectivity index (χ0) is 12.4. The third kappa shape index (κ3) is 2.12. The molecular formula is C11H13N3O3. The highest BCUT2D eigenvalue weighted by Gasteiger charge is 2.30. The molecule has 0 spiro atoms. The third-order valence-electron chi connectivity index (χ3n) is 2.65. The number of esters is 1. The third-order valence-corrected chi connectivity index (χ3v) is 2.65. The average molecular weight is 235 g/mol. The lowest BCUT2D eigenvalue weighted by Gasteiger charge is -2.18. The minimum Gasteiger partial charge on any atom is -0.465 e. The van der Waals surface area contributed by atoms with Crippen LogP contribution in [0.1, 0.15) is 16.8 Å². The molecule has 1 aromatic heterocycles. The summed E-state index contributed by atoms with van der Waals surface area (Å²) in [6, 6.07) is 1.33. The fraction of sp³-hybridized carbons (Fsp3) is 0.364. The second-order valence-electron chi connectivity index (χ2n) is 3.85. The van der Waals surface area contributed by atoms with E-state index in [4.69, 9.17) is 5.73 Å². The highest BCUT2D eigenvalue weighted by molar-refractivity contribution is 6.03. The van der Waals surface area contributed by atoms with Crippen molar-refractivity contribution in [3.05, 3.63) is 24.0 Å². The summed E-state index contributed by atoms with van der Waals surface area (Å²) in [6.45, 7) is 0.397. The molecule has 6 nitrogen and oxygen atoms in total. The van der Waals surface area contributed by atoms with Gasteiger partial charge in [-0.1, -0.05) is 0 Å². The number of carbonyl (C=O) groups is 2. The lowest BCUT2D eigenvalue weighted by atomic mass is 10.2. The molecule has 0 aromatic carbocycles. The van der Waals surface area contributed by atoms with E-state index >= 15 is 0 Å². The van der Waals surface area contributed by atoms with Crippen molar-refractivity contribution in [3.63, 3.8) is 0 Å². The number of rotatable bonds is 2. The van der Waals surface area contributed by atoms with Crippen molar-refractivity contribution in [2.24, 2.45) is 5.73 Å². The van der Waals surface area contributed by atoms with Crippen LogP contribution in [0.4, 0.5) is 5.69 Å². The summed E-state index contributed by atoms with van der Waals surface area (Å²) in [7, 11) is 1.30. The predicted molar refractivity (Wildman–Crippen MR) is 60.5 cm³/mol. The van der Waals surface area contributed by atoms with E-state index in [2.05, 4.69) is 9.72 Å². The molecule has 1 aliphatic rings. The minimum atomic E-state index is -0.490. The van der Waals surface area contributed by atoms with Crippen molar-refractivity contribution in [2.45, 2.75) is 12.5 Å². The summed E-state index contributed by atoms with van der Waals surface area (Å²) < 4.78 is 4.66. The van der Waals surface area contributed by atoms with E-state index in [1.54, 1.807) is 0 Å². The monoisotopic (exact) mass is 235 g/mol. The molecule has 0 bridgehead atoms. The molecule has 0 aliphatic carbocycles. The molecule has 1 aliphatic heterocycles. The SMILES string of the molecule is COC(=O)c1ccncc1N1CC(N)CC1=O. The molecule has 17 heavy (non-hydrogen) atoms. The van der Waals surface area contributed by atoms with Crippen LogP contribution in [0.3, 0.4) is 0 Å². The molecule has 2 heterocycles. The Morgan fingerprint density at radius 2 is 2.41 bits per heavy atom. The van der Waals surface area contributed by atoms with Crippen LogP contribution in [0.5, 0.6) is 0 Å². The normalized spacial score (nSPS) is 19.5. The molecular weight excluding hydrogens is 222 g/mol. The van der Waals surface area contributed by atoms with Crippen LogP contribution < -0.4 is 10.6 Å². The maximum atomic E-state index is 11.7. The molecule has 1 saturated heterocycles. The first-order valence-electron chi connectivity index (χ1n) is 5.21. The first-order chi connectivity index (χ1) is 8.13. The van der Waals surface area contributed by atoms with Gasteiger partial charge < -0.3 is 15.4 Å². The minimum absolute atomic E-state index is 0.101. The van der Waals surface area contributed by atoms with Crippen LogP contribution in [0.25, 0.3) is 0 Å². The maximum absolute atomic E-state index is 11.7. The number of hydrogen-bond acceptors (Lipinski definition) is 5. The number of carbonyl (C=O) groups excluding carboxylic acids is 2. The highest BCUT2D eigenvalue weighted by Crippen LogP contribution is 2.24. The number of hydrogen-bond donors (Lipinski definition) is 1. The van der Waals surface area contributed by atoms with Crippen molar-refractivity contribution in [1.29, 1.82) is 0 Å². The van der Waals surface area contributed by atoms with Gasteiger partial charge in [-0.2, -0.15) is 0 Å². The van der Waals surface area contributed by atoms with Gasteiger partial charge in [-0.15, -0.1) is 0 Å². The average Bonchev–Trinajstić information content (AvgIpc) is 2.67. The molecule has 1 unspecified atom stereocenters. The van der Waals surface area contributed by atoms with Gasteiger partial charge in [0.05, 0.1) is 24.6 Å². The van der Waals surface area contributed by atoms with E-state index in [1.807, 2.05) is 0 Å². The second kappa shape index (κ2) is 4.50. The van der Waals surface area contributed by atoms with Crippen LogP contribution in [-0.2, 0) is 9.53 Å². The smallest absolute Gasteiger partial charge is 0.340 e. The van der Waals surface area contributed by atoms with Crippen LogP contribution in [0.15, 0.2) is 18.5 Å². The molecule has 90 valence electrons. The number of nitrogens with zero attached hydrogens (tertiary/aromatic N) is 2. The van der Waals surface area contributed by atoms with Gasteiger partial charge in [0, 0.05) is 25.2 Å². The zero-order valence-corrected chi connectivity index (χ0v) is 9.42.